The van der Waals surface area contributed by atoms with Gasteiger partial charge in [-0.3, -0.25) is 9.48 Å². The molecule has 1 fully saturated rings. The van der Waals surface area contributed by atoms with Gasteiger partial charge in [-0.25, -0.2) is 0 Å². The smallest absolute Gasteiger partial charge is 0.254 e. The predicted octanol–water partition coefficient (Wildman–Crippen LogP) is 0.710. The molecule has 2 heterocycles. The standard InChI is InChI=1S/C13H22N4O/c1-4-12-11(8-17(3)16-12)13(18)15-9(2)10-5-6-14-7-10/h8-10,14H,4-7H2,1-3H3,(H,15,18). The van der Waals surface area contributed by atoms with E-state index in [0.29, 0.717) is 11.5 Å². The monoisotopic (exact) mass is 250 g/mol. The first-order chi connectivity index (χ1) is 8.61. The summed E-state index contributed by atoms with van der Waals surface area (Å²) in [6, 6.07) is 0.206. The zero-order valence-corrected chi connectivity index (χ0v) is 11.4. The van der Waals surface area contributed by atoms with Crippen molar-refractivity contribution < 1.29 is 4.79 Å². The molecule has 100 valence electrons. The fraction of sp³-hybridized carbons (Fsp3) is 0.692. The molecule has 2 N–H and O–H groups in total. The number of hydrogen-bond acceptors (Lipinski definition) is 3. The fourth-order valence-corrected chi connectivity index (χ4v) is 2.49. The van der Waals surface area contributed by atoms with E-state index in [1.807, 2.05) is 14.0 Å². The number of carbonyl (C=O) groups is 1. The van der Waals surface area contributed by atoms with Crippen molar-refractivity contribution in [3.05, 3.63) is 17.5 Å². The van der Waals surface area contributed by atoms with Crippen LogP contribution in [0, 0.1) is 5.92 Å². The highest BCUT2D eigenvalue weighted by Crippen LogP contribution is 2.14. The highest BCUT2D eigenvalue weighted by atomic mass is 16.1. The van der Waals surface area contributed by atoms with E-state index in [1.165, 1.54) is 0 Å². The number of aromatic nitrogens is 2. The van der Waals surface area contributed by atoms with Gasteiger partial charge in [0.25, 0.3) is 5.91 Å². The first kappa shape index (κ1) is 13.1. The fourth-order valence-electron chi connectivity index (χ4n) is 2.49. The molecule has 0 bridgehead atoms. The topological polar surface area (TPSA) is 59.0 Å². The van der Waals surface area contributed by atoms with Crippen LogP contribution in [0.2, 0.25) is 0 Å². The third-order valence-corrected chi connectivity index (χ3v) is 3.65. The number of nitrogens with one attached hydrogen (secondary N) is 2. The molecule has 18 heavy (non-hydrogen) atoms. The molecule has 0 aromatic carbocycles. The average Bonchev–Trinajstić information content (AvgIpc) is 2.96. The molecule has 0 radical (unpaired) electrons. The zero-order chi connectivity index (χ0) is 13.1. The van der Waals surface area contributed by atoms with Crippen molar-refractivity contribution in [1.82, 2.24) is 20.4 Å². The van der Waals surface area contributed by atoms with Gasteiger partial charge in [0.05, 0.1) is 11.3 Å². The summed E-state index contributed by atoms with van der Waals surface area (Å²) in [5.74, 6) is 0.537. The summed E-state index contributed by atoms with van der Waals surface area (Å²) >= 11 is 0. The minimum atomic E-state index is -0.000602. The second kappa shape index (κ2) is 5.52. The number of carbonyl (C=O) groups excluding carboxylic acids is 1. The lowest BCUT2D eigenvalue weighted by Gasteiger charge is -2.19. The van der Waals surface area contributed by atoms with E-state index >= 15 is 0 Å². The van der Waals surface area contributed by atoms with Crippen LogP contribution in [0.15, 0.2) is 6.20 Å². The highest BCUT2D eigenvalue weighted by molar-refractivity contribution is 5.95. The minimum absolute atomic E-state index is 0.000602. The third kappa shape index (κ3) is 2.72. The Morgan fingerprint density at radius 3 is 3.11 bits per heavy atom. The van der Waals surface area contributed by atoms with E-state index in [9.17, 15) is 4.79 Å². The summed E-state index contributed by atoms with van der Waals surface area (Å²) in [4.78, 5) is 12.2. The molecule has 0 aliphatic carbocycles. The maximum Gasteiger partial charge on any atom is 0.254 e. The molecule has 0 saturated carbocycles. The Morgan fingerprint density at radius 1 is 1.72 bits per heavy atom. The molecule has 2 rings (SSSR count). The van der Waals surface area contributed by atoms with E-state index < -0.39 is 0 Å². The Balaban J connectivity index is 2.02. The molecule has 2 atom stereocenters. The van der Waals surface area contributed by atoms with Crippen LogP contribution < -0.4 is 10.6 Å². The summed E-state index contributed by atoms with van der Waals surface area (Å²) < 4.78 is 1.70. The van der Waals surface area contributed by atoms with Crippen LogP contribution in [-0.4, -0.2) is 34.8 Å². The zero-order valence-electron chi connectivity index (χ0n) is 11.4. The van der Waals surface area contributed by atoms with E-state index in [1.54, 1.807) is 10.9 Å². The van der Waals surface area contributed by atoms with Crippen molar-refractivity contribution >= 4 is 5.91 Å². The Morgan fingerprint density at radius 2 is 2.50 bits per heavy atom. The lowest BCUT2D eigenvalue weighted by Crippen LogP contribution is -2.39. The number of aryl methyl sites for hydroxylation is 2. The summed E-state index contributed by atoms with van der Waals surface area (Å²) in [7, 11) is 1.85. The van der Waals surface area contributed by atoms with E-state index in [0.717, 1.165) is 31.6 Å². The molecule has 1 aliphatic rings. The quantitative estimate of drug-likeness (QED) is 0.827. The normalized spacial score (nSPS) is 20.9. The SMILES string of the molecule is CCc1nn(C)cc1C(=O)NC(C)C1CCNC1. The average molecular weight is 250 g/mol. The van der Waals surface area contributed by atoms with Crippen LogP contribution >= 0.6 is 0 Å². The van der Waals surface area contributed by atoms with Gasteiger partial charge in [0.15, 0.2) is 0 Å². The number of amides is 1. The van der Waals surface area contributed by atoms with Crippen molar-refractivity contribution in [2.45, 2.75) is 32.7 Å². The lowest BCUT2D eigenvalue weighted by atomic mass is 10.0. The van der Waals surface area contributed by atoms with Crippen molar-refractivity contribution in [2.24, 2.45) is 13.0 Å². The molecule has 5 nitrogen and oxygen atoms in total. The van der Waals surface area contributed by atoms with Crippen LogP contribution in [-0.2, 0) is 13.5 Å². The third-order valence-electron chi connectivity index (χ3n) is 3.65. The second-order valence-electron chi connectivity index (χ2n) is 5.03. The molecule has 5 heteroatoms. The number of rotatable bonds is 4. The van der Waals surface area contributed by atoms with E-state index in [-0.39, 0.29) is 11.9 Å². The van der Waals surface area contributed by atoms with Gasteiger partial charge in [0.2, 0.25) is 0 Å². The van der Waals surface area contributed by atoms with E-state index in [2.05, 4.69) is 22.7 Å². The van der Waals surface area contributed by atoms with Crippen LogP contribution in [0.5, 0.6) is 0 Å². The van der Waals surface area contributed by atoms with Crippen LogP contribution in [0.4, 0.5) is 0 Å². The molecule has 1 aromatic rings. The highest BCUT2D eigenvalue weighted by Gasteiger charge is 2.24. The van der Waals surface area contributed by atoms with E-state index in [4.69, 9.17) is 0 Å². The van der Waals surface area contributed by atoms with Crippen molar-refractivity contribution in [3.8, 4) is 0 Å². The van der Waals surface area contributed by atoms with Crippen LogP contribution in [0.1, 0.15) is 36.3 Å². The van der Waals surface area contributed by atoms with Crippen molar-refractivity contribution in [3.63, 3.8) is 0 Å². The summed E-state index contributed by atoms with van der Waals surface area (Å²) in [6.45, 7) is 6.15. The molecule has 1 aromatic heterocycles. The predicted molar refractivity (Wildman–Crippen MR) is 70.5 cm³/mol. The molecular formula is C13H22N4O. The molecular weight excluding hydrogens is 228 g/mol. The lowest BCUT2D eigenvalue weighted by molar-refractivity contribution is 0.0928. The first-order valence-corrected chi connectivity index (χ1v) is 6.66. The Bertz CT molecular complexity index is 421. The second-order valence-corrected chi connectivity index (χ2v) is 5.03. The maximum absolute atomic E-state index is 12.2. The molecule has 2 unspecified atom stereocenters. The Kier molecular flexibility index (Phi) is 4.01. The van der Waals surface area contributed by atoms with Gasteiger partial charge in [-0.15, -0.1) is 0 Å². The van der Waals surface area contributed by atoms with Gasteiger partial charge in [-0.1, -0.05) is 6.92 Å². The van der Waals surface area contributed by atoms with Gasteiger partial charge in [-0.05, 0) is 38.8 Å². The molecule has 1 aliphatic heterocycles. The van der Waals surface area contributed by atoms with Crippen LogP contribution in [0.3, 0.4) is 0 Å². The Labute approximate surface area is 108 Å². The number of nitrogens with zero attached hydrogens (tertiary/aromatic N) is 2. The van der Waals surface area contributed by atoms with Crippen molar-refractivity contribution in [2.75, 3.05) is 13.1 Å². The van der Waals surface area contributed by atoms with Gasteiger partial charge < -0.3 is 10.6 Å². The summed E-state index contributed by atoms with van der Waals surface area (Å²) in [5, 5.41) is 10.7. The van der Waals surface area contributed by atoms with Crippen LogP contribution in [0.25, 0.3) is 0 Å². The molecule has 1 amide bonds. The van der Waals surface area contributed by atoms with Crippen molar-refractivity contribution in [1.29, 1.82) is 0 Å². The minimum Gasteiger partial charge on any atom is -0.349 e. The maximum atomic E-state index is 12.2. The largest absolute Gasteiger partial charge is 0.349 e. The molecule has 1 saturated heterocycles. The van der Waals surface area contributed by atoms with Gasteiger partial charge in [0, 0.05) is 19.3 Å². The Hall–Kier alpha value is -1.36. The summed E-state index contributed by atoms with van der Waals surface area (Å²) in [5.41, 5.74) is 1.57. The first-order valence-electron chi connectivity index (χ1n) is 6.66. The summed E-state index contributed by atoms with van der Waals surface area (Å²) in [6.07, 6.45) is 3.71. The van der Waals surface area contributed by atoms with Gasteiger partial charge in [0.1, 0.15) is 0 Å². The molecule has 0 spiro atoms. The van der Waals surface area contributed by atoms with Gasteiger partial charge in [-0.2, -0.15) is 5.10 Å². The number of hydrogen-bond donors (Lipinski definition) is 2. The van der Waals surface area contributed by atoms with Gasteiger partial charge >= 0.3 is 0 Å².